The first-order chi connectivity index (χ1) is 15.7. The number of hydrogen-bond donors (Lipinski definition) is 1. The van der Waals surface area contributed by atoms with E-state index in [1.165, 1.54) is 18.5 Å². The van der Waals surface area contributed by atoms with E-state index < -0.39 is 0 Å². The summed E-state index contributed by atoms with van der Waals surface area (Å²) in [4.78, 5) is 8.95. The van der Waals surface area contributed by atoms with Crippen molar-refractivity contribution < 1.29 is 0 Å². The van der Waals surface area contributed by atoms with Gasteiger partial charge in [0.15, 0.2) is 5.65 Å². The summed E-state index contributed by atoms with van der Waals surface area (Å²) in [6.45, 7) is 0.782. The van der Waals surface area contributed by atoms with Crippen LogP contribution in [0.5, 0.6) is 0 Å². The fourth-order valence-electron chi connectivity index (χ4n) is 3.77. The minimum absolute atomic E-state index is 0.512. The van der Waals surface area contributed by atoms with Gasteiger partial charge in [-0.1, -0.05) is 0 Å². The normalized spacial score (nSPS) is 13.7. The molecule has 160 valence electrons. The largest absolute Gasteiger partial charge is 0.309 e. The predicted molar refractivity (Wildman–Crippen MR) is 118 cm³/mol. The Morgan fingerprint density at radius 1 is 1.06 bits per heavy atom. The monoisotopic (exact) mass is 426 g/mol. The van der Waals surface area contributed by atoms with Crippen molar-refractivity contribution in [3.63, 3.8) is 0 Å². The lowest BCUT2D eigenvalue weighted by Gasteiger charge is -2.07. The van der Waals surface area contributed by atoms with Gasteiger partial charge in [0.25, 0.3) is 0 Å². The van der Waals surface area contributed by atoms with Crippen molar-refractivity contribution in [2.45, 2.75) is 31.7 Å². The maximum absolute atomic E-state index is 4.68. The minimum Gasteiger partial charge on any atom is -0.309 e. The topological polar surface area (TPSA) is 104 Å². The van der Waals surface area contributed by atoms with E-state index in [-0.39, 0.29) is 0 Å². The molecule has 0 spiro atoms. The van der Waals surface area contributed by atoms with Crippen LogP contribution in [0.4, 0.5) is 11.8 Å². The van der Waals surface area contributed by atoms with Gasteiger partial charge >= 0.3 is 0 Å². The average Bonchev–Trinajstić information content (AvgIpc) is 3.22. The van der Waals surface area contributed by atoms with Gasteiger partial charge in [0, 0.05) is 56.2 Å². The molecular weight excluding hydrogens is 404 g/mol. The molecule has 1 aliphatic rings. The van der Waals surface area contributed by atoms with Crippen molar-refractivity contribution in [3.8, 4) is 11.3 Å². The molecule has 32 heavy (non-hydrogen) atoms. The highest BCUT2D eigenvalue weighted by atomic mass is 15.3. The Hall–Kier alpha value is -4.08. The fraction of sp³-hybridized carbons (Fsp3) is 0.273. The number of aromatic nitrogens is 9. The number of fused-ring (bicyclic) bond motifs is 1. The van der Waals surface area contributed by atoms with E-state index in [1.807, 2.05) is 46.6 Å². The smallest absolute Gasteiger partial charge is 0.228 e. The summed E-state index contributed by atoms with van der Waals surface area (Å²) in [7, 11) is 1.86. The van der Waals surface area contributed by atoms with Gasteiger partial charge in [-0.05, 0) is 37.1 Å². The summed E-state index contributed by atoms with van der Waals surface area (Å²) >= 11 is 0. The Balaban J connectivity index is 1.20. The van der Waals surface area contributed by atoms with Gasteiger partial charge in [-0.3, -0.25) is 13.8 Å². The van der Waals surface area contributed by atoms with Crippen LogP contribution in [0.15, 0.2) is 55.1 Å². The Morgan fingerprint density at radius 2 is 2.00 bits per heavy atom. The lowest BCUT2D eigenvalue weighted by atomic mass is 10.2. The Kier molecular flexibility index (Phi) is 4.41. The molecule has 0 bridgehead atoms. The van der Waals surface area contributed by atoms with E-state index in [9.17, 15) is 0 Å². The third-order valence-electron chi connectivity index (χ3n) is 5.71. The van der Waals surface area contributed by atoms with E-state index in [1.54, 1.807) is 17.1 Å². The molecule has 1 aliphatic carbocycles. The molecule has 0 unspecified atom stereocenters. The van der Waals surface area contributed by atoms with Crippen LogP contribution in [0.2, 0.25) is 0 Å². The van der Waals surface area contributed by atoms with Gasteiger partial charge in [-0.25, -0.2) is 9.97 Å². The highest BCUT2D eigenvalue weighted by molar-refractivity contribution is 5.65. The number of anilines is 2. The molecule has 0 aliphatic heterocycles. The molecule has 6 rings (SSSR count). The molecule has 0 radical (unpaired) electrons. The molecule has 1 saturated carbocycles. The van der Waals surface area contributed by atoms with E-state index >= 15 is 0 Å². The lowest BCUT2D eigenvalue weighted by molar-refractivity contribution is 0.590. The second-order valence-electron chi connectivity index (χ2n) is 8.02. The van der Waals surface area contributed by atoms with Gasteiger partial charge in [-0.15, -0.1) is 10.2 Å². The maximum atomic E-state index is 4.68. The fourth-order valence-corrected chi connectivity index (χ4v) is 3.77. The third-order valence-corrected chi connectivity index (χ3v) is 5.71. The molecule has 10 heteroatoms. The highest BCUT2D eigenvalue weighted by Crippen LogP contribution is 2.38. The standard InChI is InChI=1S/C22H22N10/c1-30-19(5-10-24-30)26-22-23-9-4-17(25-22)16-6-13-32-20(27-28-21(32)14-16)8-12-31-11-7-18(29-31)15-2-3-15/h4-7,9-11,13-15H,2-3,8,12H2,1H3,(H,23,25,26). The Labute approximate surface area is 184 Å². The van der Waals surface area contributed by atoms with Gasteiger partial charge in [-0.2, -0.15) is 10.2 Å². The second-order valence-corrected chi connectivity index (χ2v) is 8.02. The van der Waals surface area contributed by atoms with Gasteiger partial charge in [0.2, 0.25) is 5.95 Å². The molecule has 0 amide bonds. The molecule has 10 nitrogen and oxygen atoms in total. The second kappa shape index (κ2) is 7.56. The molecule has 0 atom stereocenters. The number of aryl methyl sites for hydroxylation is 3. The lowest BCUT2D eigenvalue weighted by Crippen LogP contribution is -2.05. The van der Waals surface area contributed by atoms with Crippen LogP contribution >= 0.6 is 0 Å². The first-order valence-corrected chi connectivity index (χ1v) is 10.7. The van der Waals surface area contributed by atoms with E-state index in [2.05, 4.69) is 47.9 Å². The molecule has 0 aromatic carbocycles. The van der Waals surface area contributed by atoms with Crippen LogP contribution in [0, 0.1) is 0 Å². The van der Waals surface area contributed by atoms with Crippen molar-refractivity contribution in [2.24, 2.45) is 7.05 Å². The molecular formula is C22H22N10. The van der Waals surface area contributed by atoms with Crippen molar-refractivity contribution in [1.29, 1.82) is 0 Å². The number of rotatable bonds is 7. The summed E-state index contributed by atoms with van der Waals surface area (Å²) in [6.07, 6.45) is 10.8. The first kappa shape index (κ1) is 18.7. The molecule has 1 N–H and O–H groups in total. The molecule has 5 aromatic heterocycles. The maximum Gasteiger partial charge on any atom is 0.228 e. The van der Waals surface area contributed by atoms with Crippen LogP contribution in [0.3, 0.4) is 0 Å². The number of nitrogens with zero attached hydrogens (tertiary/aromatic N) is 9. The highest BCUT2D eigenvalue weighted by Gasteiger charge is 2.25. The molecule has 0 saturated heterocycles. The van der Waals surface area contributed by atoms with Crippen LogP contribution < -0.4 is 5.32 Å². The zero-order valence-electron chi connectivity index (χ0n) is 17.6. The summed E-state index contributed by atoms with van der Waals surface area (Å²) in [5, 5.41) is 20.8. The van der Waals surface area contributed by atoms with Crippen molar-refractivity contribution in [2.75, 3.05) is 5.32 Å². The van der Waals surface area contributed by atoms with Crippen LogP contribution in [0.1, 0.15) is 30.3 Å². The van der Waals surface area contributed by atoms with Crippen molar-refractivity contribution >= 4 is 17.4 Å². The molecule has 5 heterocycles. The average molecular weight is 426 g/mol. The summed E-state index contributed by atoms with van der Waals surface area (Å²) < 4.78 is 5.75. The number of hydrogen-bond acceptors (Lipinski definition) is 7. The Bertz CT molecular complexity index is 1390. The van der Waals surface area contributed by atoms with Gasteiger partial charge < -0.3 is 5.32 Å². The quantitative estimate of drug-likeness (QED) is 0.427. The first-order valence-electron chi connectivity index (χ1n) is 10.7. The Morgan fingerprint density at radius 3 is 2.84 bits per heavy atom. The SMILES string of the molecule is Cn1nccc1Nc1nccc(-c2ccn3c(CCn4ccc(C5CC5)n4)nnc3c2)n1. The molecule has 1 fully saturated rings. The van der Waals surface area contributed by atoms with E-state index in [0.29, 0.717) is 11.9 Å². The predicted octanol–water partition coefficient (Wildman–Crippen LogP) is 2.98. The number of nitrogens with one attached hydrogen (secondary N) is 1. The summed E-state index contributed by atoms with van der Waals surface area (Å²) in [6, 6.07) is 9.90. The van der Waals surface area contributed by atoms with Crippen LogP contribution in [-0.2, 0) is 20.0 Å². The zero-order chi connectivity index (χ0) is 21.5. The van der Waals surface area contributed by atoms with E-state index in [0.717, 1.165) is 41.5 Å². The third kappa shape index (κ3) is 3.59. The van der Waals surface area contributed by atoms with Crippen LogP contribution in [-0.4, -0.2) is 44.1 Å². The molecule has 5 aromatic rings. The summed E-state index contributed by atoms with van der Waals surface area (Å²) in [5.74, 6) is 2.92. The van der Waals surface area contributed by atoms with Crippen LogP contribution in [0.25, 0.3) is 16.9 Å². The van der Waals surface area contributed by atoms with Gasteiger partial charge in [0.1, 0.15) is 11.6 Å². The van der Waals surface area contributed by atoms with Gasteiger partial charge in [0.05, 0.1) is 17.6 Å². The zero-order valence-corrected chi connectivity index (χ0v) is 17.6. The minimum atomic E-state index is 0.512. The van der Waals surface area contributed by atoms with Crippen molar-refractivity contribution in [3.05, 3.63) is 66.6 Å². The number of pyridine rings is 1. The summed E-state index contributed by atoms with van der Waals surface area (Å²) in [5.41, 5.74) is 3.76. The van der Waals surface area contributed by atoms with E-state index in [4.69, 9.17) is 0 Å². The van der Waals surface area contributed by atoms with Crippen molar-refractivity contribution in [1.82, 2.24) is 44.1 Å².